The number of ether oxygens (including phenoxy) is 3. The van der Waals surface area contributed by atoms with Gasteiger partial charge in [-0.25, -0.2) is 9.78 Å². The van der Waals surface area contributed by atoms with Crippen molar-refractivity contribution in [2.45, 2.75) is 18.9 Å². The van der Waals surface area contributed by atoms with Crippen molar-refractivity contribution in [1.82, 2.24) is 19.0 Å². The molecule has 1 saturated heterocycles. The van der Waals surface area contributed by atoms with Gasteiger partial charge in [0.25, 0.3) is 0 Å². The number of benzene rings is 2. The molecule has 37 heavy (non-hydrogen) atoms. The maximum Gasteiger partial charge on any atom is 0.334 e. The maximum atomic E-state index is 13.8. The lowest BCUT2D eigenvalue weighted by atomic mass is 10.1. The minimum absolute atomic E-state index is 0.138. The molecule has 2 aromatic carbocycles. The monoisotopic (exact) mass is 499 g/mol. The summed E-state index contributed by atoms with van der Waals surface area (Å²) in [5, 5.41) is 0. The van der Waals surface area contributed by atoms with Gasteiger partial charge in [-0.05, 0) is 61.4 Å². The number of likely N-dealkylation sites (tertiary alicyclic amines) is 1. The van der Waals surface area contributed by atoms with Crippen molar-refractivity contribution in [1.29, 1.82) is 0 Å². The highest BCUT2D eigenvalue weighted by Gasteiger charge is 2.28. The molecule has 2 N–H and O–H groups in total. The molecule has 0 radical (unpaired) electrons. The van der Waals surface area contributed by atoms with Crippen LogP contribution in [0.5, 0.6) is 23.0 Å². The fraction of sp³-hybridized carbons (Fsp3) is 0.222. The van der Waals surface area contributed by atoms with E-state index in [4.69, 9.17) is 19.9 Å². The lowest BCUT2D eigenvalue weighted by molar-refractivity contribution is -0.127. The fourth-order valence-electron chi connectivity index (χ4n) is 5.02. The van der Waals surface area contributed by atoms with E-state index in [-0.39, 0.29) is 30.2 Å². The number of fused-ring (bicyclic) bond motifs is 2. The Labute approximate surface area is 212 Å². The van der Waals surface area contributed by atoms with Crippen LogP contribution in [-0.2, 0) is 4.79 Å². The molecule has 1 atom stereocenters. The minimum Gasteiger partial charge on any atom is -0.457 e. The number of carbonyl (C=O) groups is 1. The van der Waals surface area contributed by atoms with Gasteiger partial charge in [-0.1, -0.05) is 6.58 Å². The Morgan fingerprint density at radius 2 is 1.89 bits per heavy atom. The maximum absolute atomic E-state index is 13.8. The Morgan fingerprint density at radius 3 is 2.70 bits per heavy atom. The number of hydrogen-bond acceptors (Lipinski definition) is 7. The smallest absolute Gasteiger partial charge is 0.334 e. The number of nitrogens with two attached hydrogens (primary N) is 1. The molecule has 1 unspecified atom stereocenters. The second-order valence-corrected chi connectivity index (χ2v) is 8.95. The van der Waals surface area contributed by atoms with E-state index in [9.17, 15) is 9.59 Å². The van der Waals surface area contributed by atoms with Gasteiger partial charge < -0.3 is 24.8 Å². The molecule has 0 aliphatic carbocycles. The molecule has 4 aromatic rings. The van der Waals surface area contributed by atoms with Crippen molar-refractivity contribution < 1.29 is 19.0 Å². The van der Waals surface area contributed by atoms with Crippen LogP contribution in [0.15, 0.2) is 72.2 Å². The number of rotatable bonds is 5. The second-order valence-electron chi connectivity index (χ2n) is 8.95. The van der Waals surface area contributed by atoms with E-state index < -0.39 is 0 Å². The molecule has 0 spiro atoms. The number of nitrogen functional groups attached to an aromatic ring is 1. The van der Waals surface area contributed by atoms with Crippen LogP contribution in [-0.4, -0.2) is 44.8 Å². The summed E-state index contributed by atoms with van der Waals surface area (Å²) < 4.78 is 20.0. The summed E-state index contributed by atoms with van der Waals surface area (Å²) in [6, 6.07) is 14.1. The Hall–Kier alpha value is -4.73. The predicted octanol–water partition coefficient (Wildman–Crippen LogP) is 3.64. The molecule has 1 amide bonds. The molecule has 2 aliphatic rings. The quantitative estimate of drug-likeness (QED) is 0.417. The zero-order chi connectivity index (χ0) is 25.5. The van der Waals surface area contributed by atoms with Crippen molar-refractivity contribution >= 4 is 22.8 Å². The van der Waals surface area contributed by atoms with Gasteiger partial charge >= 0.3 is 5.69 Å². The van der Waals surface area contributed by atoms with Crippen LogP contribution in [0.25, 0.3) is 16.7 Å². The topological polar surface area (TPSA) is 114 Å². The lowest BCUT2D eigenvalue weighted by Gasteiger charge is -2.32. The molecule has 188 valence electrons. The first kappa shape index (κ1) is 22.7. The van der Waals surface area contributed by atoms with Gasteiger partial charge in [-0.3, -0.25) is 13.9 Å². The highest BCUT2D eigenvalue weighted by Crippen LogP contribution is 2.37. The number of aromatic nitrogens is 3. The standard InChI is InChI=1S/C27H25N5O5/c1-2-24(33)30-13-3-4-18(15-30)31-21-11-12-29-26(28)25(21)32(27(31)34)17-5-7-19(8-6-17)37-20-9-10-22-23(14-20)36-16-35-22/h2,5-12,14,18H,1,3-4,13,15-16H2,(H2,28,29). The zero-order valence-electron chi connectivity index (χ0n) is 20.0. The average Bonchev–Trinajstić information content (AvgIpc) is 3.51. The summed E-state index contributed by atoms with van der Waals surface area (Å²) in [7, 11) is 0. The Kier molecular flexibility index (Phi) is 5.56. The highest BCUT2D eigenvalue weighted by molar-refractivity contribution is 5.88. The van der Waals surface area contributed by atoms with E-state index in [0.717, 1.165) is 12.8 Å². The molecule has 10 heteroatoms. The molecular weight excluding hydrogens is 474 g/mol. The third-order valence-corrected chi connectivity index (χ3v) is 6.73. The van der Waals surface area contributed by atoms with E-state index in [2.05, 4.69) is 11.6 Å². The molecule has 2 aliphatic heterocycles. The number of nitrogens with zero attached hydrogens (tertiary/aromatic N) is 4. The van der Waals surface area contributed by atoms with Gasteiger partial charge in [0.15, 0.2) is 11.5 Å². The SMILES string of the molecule is C=CC(=O)N1CCCC(n2c(=O)n(-c3ccc(Oc4ccc5c(c4)OCO5)cc3)c3c(N)nccc32)C1. The second kappa shape index (κ2) is 9.05. The summed E-state index contributed by atoms with van der Waals surface area (Å²) in [6.07, 6.45) is 4.46. The Balaban J connectivity index is 1.36. The van der Waals surface area contributed by atoms with Crippen molar-refractivity contribution in [3.05, 3.63) is 77.9 Å². The van der Waals surface area contributed by atoms with Crippen LogP contribution >= 0.6 is 0 Å². The van der Waals surface area contributed by atoms with Gasteiger partial charge in [0.05, 0.1) is 17.2 Å². The van der Waals surface area contributed by atoms with Crippen molar-refractivity contribution in [3.63, 3.8) is 0 Å². The van der Waals surface area contributed by atoms with Gasteiger partial charge in [0.2, 0.25) is 12.7 Å². The van der Waals surface area contributed by atoms with E-state index in [1.165, 1.54) is 6.08 Å². The molecule has 1 fully saturated rings. The van der Waals surface area contributed by atoms with Crippen LogP contribution in [0.2, 0.25) is 0 Å². The van der Waals surface area contributed by atoms with Crippen LogP contribution in [0, 0.1) is 0 Å². The molecule has 0 saturated carbocycles. The van der Waals surface area contributed by atoms with Gasteiger partial charge in [-0.15, -0.1) is 0 Å². The summed E-state index contributed by atoms with van der Waals surface area (Å²) in [4.78, 5) is 32.0. The minimum atomic E-state index is -0.239. The van der Waals surface area contributed by atoms with Gasteiger partial charge in [-0.2, -0.15) is 0 Å². The molecule has 10 nitrogen and oxygen atoms in total. The van der Waals surface area contributed by atoms with Gasteiger partial charge in [0, 0.05) is 25.4 Å². The third-order valence-electron chi connectivity index (χ3n) is 6.73. The largest absolute Gasteiger partial charge is 0.457 e. The summed E-state index contributed by atoms with van der Waals surface area (Å²) in [5.41, 5.74) is 7.87. The predicted molar refractivity (Wildman–Crippen MR) is 137 cm³/mol. The Morgan fingerprint density at radius 1 is 1.11 bits per heavy atom. The summed E-state index contributed by atoms with van der Waals surface area (Å²) in [5.74, 6) is 2.63. The number of amides is 1. The molecule has 2 aromatic heterocycles. The number of carbonyl (C=O) groups excluding carboxylic acids is 1. The van der Waals surface area contributed by atoms with E-state index in [0.29, 0.717) is 52.8 Å². The van der Waals surface area contributed by atoms with E-state index in [1.807, 2.05) is 0 Å². The Bertz CT molecular complexity index is 1570. The van der Waals surface area contributed by atoms with Crippen LogP contribution in [0.1, 0.15) is 18.9 Å². The first-order valence-electron chi connectivity index (χ1n) is 12.0. The summed E-state index contributed by atoms with van der Waals surface area (Å²) >= 11 is 0. The third kappa shape index (κ3) is 3.96. The first-order valence-corrected chi connectivity index (χ1v) is 12.0. The molecule has 6 rings (SSSR count). The van der Waals surface area contributed by atoms with Gasteiger partial charge in [0.1, 0.15) is 22.8 Å². The number of hydrogen-bond donors (Lipinski definition) is 1. The fourth-order valence-corrected chi connectivity index (χ4v) is 5.02. The highest BCUT2D eigenvalue weighted by atomic mass is 16.7. The zero-order valence-corrected chi connectivity index (χ0v) is 20.0. The number of pyridine rings is 1. The van der Waals surface area contributed by atoms with E-state index in [1.54, 1.807) is 68.8 Å². The average molecular weight is 500 g/mol. The van der Waals surface area contributed by atoms with Crippen LogP contribution in [0.3, 0.4) is 0 Å². The molecule has 0 bridgehead atoms. The normalized spacial score (nSPS) is 16.6. The number of anilines is 1. The first-order chi connectivity index (χ1) is 18.0. The van der Waals surface area contributed by atoms with Crippen LogP contribution in [0.4, 0.5) is 5.82 Å². The number of imidazole rings is 1. The van der Waals surface area contributed by atoms with Crippen LogP contribution < -0.4 is 25.6 Å². The lowest BCUT2D eigenvalue weighted by Crippen LogP contribution is -2.42. The van der Waals surface area contributed by atoms with Crippen molar-refractivity contribution in [2.75, 3.05) is 25.6 Å². The summed E-state index contributed by atoms with van der Waals surface area (Å²) in [6.45, 7) is 4.85. The van der Waals surface area contributed by atoms with E-state index >= 15 is 0 Å². The molecular formula is C27H25N5O5. The molecule has 4 heterocycles. The van der Waals surface area contributed by atoms with Crippen molar-refractivity contribution in [3.8, 4) is 28.7 Å². The number of piperidine rings is 1. The van der Waals surface area contributed by atoms with Crippen molar-refractivity contribution in [2.24, 2.45) is 0 Å².